The number of nitrogens with two attached hydrogens (primary N) is 1. The van der Waals surface area contributed by atoms with Crippen LogP contribution in [-0.4, -0.2) is 173 Å². The number of allylic oxidation sites excluding steroid dienone is 2. The van der Waals surface area contributed by atoms with Crippen molar-refractivity contribution in [2.75, 3.05) is 31.3 Å². The number of hydrogen-bond donors (Lipinski definition) is 9. The van der Waals surface area contributed by atoms with Crippen LogP contribution < -0.4 is 43.0 Å². The number of imide groups is 1. The number of amides is 10. The monoisotopic (exact) mass is 1250 g/mol. The van der Waals surface area contributed by atoms with Crippen molar-refractivity contribution >= 4 is 76.9 Å². The Labute approximate surface area is 519 Å². The van der Waals surface area contributed by atoms with Gasteiger partial charge < -0.3 is 71.7 Å². The van der Waals surface area contributed by atoms with Gasteiger partial charge in [-0.25, -0.2) is 9.59 Å². The number of aliphatic hydroxyl groups is 1. The Balaban J connectivity index is 0.879. The van der Waals surface area contributed by atoms with Gasteiger partial charge in [-0.15, -0.1) is 0 Å². The molecule has 88 heavy (non-hydrogen) atoms. The topological polar surface area (TPSA) is 354 Å². The second-order valence-corrected chi connectivity index (χ2v) is 25.1. The van der Waals surface area contributed by atoms with Gasteiger partial charge in [0.05, 0.1) is 42.6 Å². The molecule has 486 valence electrons. The number of epoxide rings is 1. The Morgan fingerprint density at radius 2 is 1.60 bits per heavy atom. The fraction of sp³-hybridized carbons (Fsp3) is 0.645. The number of anilines is 1. The maximum atomic E-state index is 13.7. The van der Waals surface area contributed by atoms with Crippen LogP contribution in [0.5, 0.6) is 0 Å². The molecule has 4 aliphatic heterocycles. The van der Waals surface area contributed by atoms with Gasteiger partial charge >= 0.3 is 18.1 Å². The van der Waals surface area contributed by atoms with Crippen LogP contribution >= 0.6 is 11.8 Å². The van der Waals surface area contributed by atoms with Gasteiger partial charge in [-0.2, -0.15) is 11.8 Å². The van der Waals surface area contributed by atoms with Gasteiger partial charge in [0.15, 0.2) is 0 Å². The van der Waals surface area contributed by atoms with Gasteiger partial charge in [0.1, 0.15) is 42.6 Å². The summed E-state index contributed by atoms with van der Waals surface area (Å²) in [5.74, 6) is -2.98. The molecule has 1 aromatic rings. The van der Waals surface area contributed by atoms with Crippen molar-refractivity contribution in [3.63, 3.8) is 0 Å². The van der Waals surface area contributed by atoms with Crippen molar-refractivity contribution in [3.05, 3.63) is 65.8 Å². The number of nitrogens with one attached hydrogen (secondary N) is 7. The summed E-state index contributed by atoms with van der Waals surface area (Å²) in [6, 6.07) is 3.21. The van der Waals surface area contributed by atoms with Gasteiger partial charge in [-0.3, -0.25) is 43.3 Å². The van der Waals surface area contributed by atoms with E-state index < -0.39 is 72.0 Å². The van der Waals surface area contributed by atoms with Gasteiger partial charge in [0, 0.05) is 63.1 Å². The highest BCUT2D eigenvalue weighted by Crippen LogP contribution is 2.43. The third-order valence-corrected chi connectivity index (χ3v) is 17.3. The van der Waals surface area contributed by atoms with Crippen molar-refractivity contribution in [3.8, 4) is 0 Å². The van der Waals surface area contributed by atoms with Crippen molar-refractivity contribution in [1.82, 2.24) is 36.8 Å². The first-order valence-corrected chi connectivity index (χ1v) is 31.9. The van der Waals surface area contributed by atoms with E-state index in [1.54, 1.807) is 57.4 Å². The van der Waals surface area contributed by atoms with Crippen molar-refractivity contribution in [1.29, 1.82) is 0 Å². The van der Waals surface area contributed by atoms with Gasteiger partial charge in [-0.05, 0) is 114 Å². The molecule has 12 atom stereocenters. The van der Waals surface area contributed by atoms with Crippen LogP contribution in [0.15, 0.2) is 60.2 Å². The maximum Gasteiger partial charge on any atom is 0.407 e. The summed E-state index contributed by atoms with van der Waals surface area (Å²) in [7, 11) is 0. The molecule has 4 heterocycles. The zero-order chi connectivity index (χ0) is 64.2. The minimum Gasteiger partial charge on any atom is -0.459 e. The van der Waals surface area contributed by atoms with Crippen molar-refractivity contribution in [2.45, 2.75) is 216 Å². The third-order valence-electron chi connectivity index (χ3n) is 16.4. The fourth-order valence-corrected chi connectivity index (χ4v) is 11.8. The minimum atomic E-state index is -1.06. The highest BCUT2D eigenvalue weighted by atomic mass is 32.2. The van der Waals surface area contributed by atoms with Crippen molar-refractivity contribution < 1.29 is 76.7 Å². The Morgan fingerprint density at radius 1 is 0.886 bits per heavy atom. The molecule has 4 saturated heterocycles. The predicted octanol–water partition coefficient (Wildman–Crippen LogP) is 4.00. The van der Waals surface area contributed by atoms with E-state index >= 15 is 0 Å². The molecule has 10 amide bonds. The van der Waals surface area contributed by atoms with Crippen LogP contribution in [0.2, 0.25) is 0 Å². The van der Waals surface area contributed by atoms with E-state index in [1.165, 1.54) is 35.7 Å². The number of carbonyl (C=O) groups is 10. The number of urea groups is 1. The number of nitrogens with zero attached hydrogens (tertiary/aromatic N) is 1. The second kappa shape index (κ2) is 33.6. The lowest BCUT2D eigenvalue weighted by molar-refractivity contribution is -0.146. The van der Waals surface area contributed by atoms with Gasteiger partial charge in [-0.1, -0.05) is 63.1 Å². The zero-order valence-corrected chi connectivity index (χ0v) is 52.6. The molecule has 6 rings (SSSR count). The lowest BCUT2D eigenvalue weighted by Crippen LogP contribution is -2.55. The molecule has 1 aromatic carbocycles. The van der Waals surface area contributed by atoms with Crippen LogP contribution in [0.25, 0.3) is 0 Å². The number of benzene rings is 1. The molecule has 0 bridgehead atoms. The lowest BCUT2D eigenvalue weighted by atomic mass is 9.85. The molecule has 1 saturated carbocycles. The average molecular weight is 1250 g/mol. The number of primary amides is 1. The summed E-state index contributed by atoms with van der Waals surface area (Å²) in [6.45, 7) is 13.2. The second-order valence-electron chi connectivity index (χ2n) is 24.1. The molecule has 1 spiro atoms. The first-order chi connectivity index (χ1) is 41.8. The third kappa shape index (κ3) is 22.0. The van der Waals surface area contributed by atoms with Gasteiger partial charge in [0.2, 0.25) is 41.4 Å². The van der Waals surface area contributed by atoms with E-state index in [-0.39, 0.29) is 122 Å². The number of aliphatic hydroxyl groups excluding tert-OH is 1. The summed E-state index contributed by atoms with van der Waals surface area (Å²) in [5.41, 5.74) is 6.39. The standard InChI is InChI=1S/C62H91N9O16S/c1-35(2)55(70-51(73)14-10-9-11-26-71-54(76)31-50(88-8)59(71)80)58(79)69-46(13-12-25-64-60(63)81)57(78)66-42-20-18-41(19-21-42)33-83-61(82)67-44-28-43(29-44)65-53(75)30-45-32-62(34-84-62)56(77)49(87-45)23-16-36(3)15-22-48-37(4)27-47(39(6)86-48)68-52(74)24-17-38(5)85-40(7)72/h15-21,23-24,35,37-39,43-50,55-56,77H,9-14,22,25-34H2,1-8H3,(H,65,75)(H,66,78)(H,67,82)(H,68,74)(H,69,79)(H,70,73)(H3,63,64,81)/b23-16+,24-17-,36-15+/t37-,38-,39+,43-,44-,45+,46-,47+,48-,49+,50?,55-,56+,62+/m0/s1. The van der Waals surface area contributed by atoms with Crippen LogP contribution in [0.3, 0.4) is 0 Å². The Hall–Kier alpha value is -6.87. The quantitative estimate of drug-likeness (QED) is 0.0127. The Kier molecular flexibility index (Phi) is 26.8. The number of hydrogen-bond acceptors (Lipinski definition) is 17. The number of rotatable bonds is 31. The van der Waals surface area contributed by atoms with E-state index in [4.69, 9.17) is 29.4 Å². The minimum absolute atomic E-state index is 0.0587. The smallest absolute Gasteiger partial charge is 0.407 e. The zero-order valence-electron chi connectivity index (χ0n) is 51.8. The van der Waals surface area contributed by atoms with E-state index in [0.29, 0.717) is 69.3 Å². The summed E-state index contributed by atoms with van der Waals surface area (Å²) in [5, 5.41) is 30.5. The number of thioether (sulfide) groups is 1. The van der Waals surface area contributed by atoms with E-state index in [9.17, 15) is 53.1 Å². The Morgan fingerprint density at radius 3 is 2.26 bits per heavy atom. The van der Waals surface area contributed by atoms with Crippen LogP contribution in [0.1, 0.15) is 138 Å². The van der Waals surface area contributed by atoms with E-state index in [1.807, 2.05) is 19.9 Å². The number of ether oxygens (including phenoxy) is 5. The lowest BCUT2D eigenvalue weighted by Gasteiger charge is -2.39. The van der Waals surface area contributed by atoms with Crippen LogP contribution in [0, 0.1) is 11.8 Å². The Bertz CT molecular complexity index is 2720. The molecule has 5 fully saturated rings. The molecule has 25 nitrogen and oxygen atoms in total. The average Bonchev–Trinajstić information content (AvgIpc) is 1.79. The normalized spacial score (nSPS) is 27.0. The number of unbranched alkanes of at least 4 members (excludes halogenated alkanes) is 2. The number of alkyl carbamates (subject to hydrolysis) is 1. The maximum absolute atomic E-state index is 13.7. The van der Waals surface area contributed by atoms with E-state index in [2.05, 4.69) is 50.2 Å². The summed E-state index contributed by atoms with van der Waals surface area (Å²) < 4.78 is 28.9. The summed E-state index contributed by atoms with van der Waals surface area (Å²) >= 11 is 1.35. The molecule has 1 unspecified atom stereocenters. The highest BCUT2D eigenvalue weighted by molar-refractivity contribution is 8.00. The first kappa shape index (κ1) is 70.2. The molecule has 5 aliphatic rings. The van der Waals surface area contributed by atoms with Crippen LogP contribution in [0.4, 0.5) is 15.3 Å². The highest BCUT2D eigenvalue weighted by Gasteiger charge is 2.58. The number of carbonyl (C=O) groups excluding carboxylic acids is 10. The SMILES string of the molecule is CSC1CC(=O)N(CCCCCC(=O)N[C@H](C(=O)N[C@@H](CCCNC(N)=O)C(=O)Nc2ccc(COC(=O)N[C@H]3C[C@H](NC(=O)C[C@@H]4C[C@@]5(CO5)[C@H](O)[C@@H](/C=C/C(C)=C/C[C@@H]5O[C@H](C)[C@H](NC(=O)/C=C\[C@H](C)OC(C)=O)C[C@@H]5C)O4)C3)cc2)C(C)C)C1=O. The van der Waals surface area contributed by atoms with Crippen LogP contribution in [-0.2, 0) is 68.6 Å². The summed E-state index contributed by atoms with van der Waals surface area (Å²) in [6.07, 6.45) is 12.0. The molecule has 0 aromatic heterocycles. The van der Waals surface area contributed by atoms with E-state index in [0.717, 1.165) is 12.0 Å². The largest absolute Gasteiger partial charge is 0.459 e. The predicted molar refractivity (Wildman–Crippen MR) is 326 cm³/mol. The van der Waals surface area contributed by atoms with Gasteiger partial charge in [0.25, 0.3) is 0 Å². The fourth-order valence-electron chi connectivity index (χ4n) is 11.1. The molecular weight excluding hydrogens is 1160 g/mol. The molecule has 0 radical (unpaired) electrons. The molecular formula is C62H91N9O16S. The van der Waals surface area contributed by atoms with Crippen molar-refractivity contribution in [2.24, 2.45) is 17.6 Å². The molecule has 26 heteroatoms. The first-order valence-electron chi connectivity index (χ1n) is 30.6. The number of esters is 1. The molecule has 10 N–H and O–H groups in total. The molecule has 1 aliphatic carbocycles. The summed E-state index contributed by atoms with van der Waals surface area (Å²) in [4.78, 5) is 127. The number of likely N-dealkylation sites (tertiary alicyclic amines) is 1.